The topological polar surface area (TPSA) is 17.1 Å². The minimum absolute atomic E-state index is 0.106. The van der Waals surface area contributed by atoms with E-state index in [2.05, 4.69) is 13.8 Å². The molecule has 1 aliphatic rings. The van der Waals surface area contributed by atoms with E-state index in [1.165, 1.54) is 6.07 Å². The minimum Gasteiger partial charge on any atom is -0.294 e. The van der Waals surface area contributed by atoms with Crippen LogP contribution in [0.1, 0.15) is 42.6 Å². The Labute approximate surface area is 124 Å². The van der Waals surface area contributed by atoms with Gasteiger partial charge in [0.1, 0.15) is 5.82 Å². The Morgan fingerprint density at radius 3 is 2.57 bits per heavy atom. The Morgan fingerprint density at radius 2 is 1.81 bits per heavy atom. The van der Waals surface area contributed by atoms with Crippen LogP contribution in [0.25, 0.3) is 11.1 Å². The quantitative estimate of drug-likeness (QED) is 0.670. The van der Waals surface area contributed by atoms with Gasteiger partial charge in [-0.25, -0.2) is 4.39 Å². The Kier molecular flexibility index (Phi) is 3.40. The van der Waals surface area contributed by atoms with E-state index < -0.39 is 0 Å². The second-order valence-corrected chi connectivity index (χ2v) is 6.62. The molecular formula is C19H19FO. The van der Waals surface area contributed by atoms with E-state index in [-0.39, 0.29) is 17.0 Å². The van der Waals surface area contributed by atoms with Gasteiger partial charge in [-0.05, 0) is 35.4 Å². The van der Waals surface area contributed by atoms with E-state index in [1.807, 2.05) is 24.3 Å². The molecule has 2 aromatic rings. The highest BCUT2D eigenvalue weighted by atomic mass is 19.1. The Morgan fingerprint density at radius 1 is 1.05 bits per heavy atom. The highest BCUT2D eigenvalue weighted by molar-refractivity contribution is 5.98. The van der Waals surface area contributed by atoms with Gasteiger partial charge in [-0.2, -0.15) is 0 Å². The van der Waals surface area contributed by atoms with E-state index in [1.54, 1.807) is 12.1 Å². The average Bonchev–Trinajstić information content (AvgIpc) is 2.55. The number of rotatable bonds is 1. The Bertz CT molecular complexity index is 700. The molecule has 0 unspecified atom stereocenters. The molecule has 0 aromatic heterocycles. The fraction of sp³-hybridized carbons (Fsp3) is 0.316. The van der Waals surface area contributed by atoms with Gasteiger partial charge in [0, 0.05) is 17.5 Å². The summed E-state index contributed by atoms with van der Waals surface area (Å²) in [5.41, 5.74) is 3.39. The van der Waals surface area contributed by atoms with Crippen LogP contribution in [0.3, 0.4) is 0 Å². The summed E-state index contributed by atoms with van der Waals surface area (Å²) in [7, 11) is 0. The molecule has 2 heteroatoms. The third-order valence-corrected chi connectivity index (χ3v) is 4.29. The zero-order valence-electron chi connectivity index (χ0n) is 12.4. The number of hydrogen-bond acceptors (Lipinski definition) is 1. The number of halogens is 1. The van der Waals surface area contributed by atoms with Crippen LogP contribution in [0, 0.1) is 11.2 Å². The van der Waals surface area contributed by atoms with Gasteiger partial charge in [-0.1, -0.05) is 50.2 Å². The van der Waals surface area contributed by atoms with Crippen LogP contribution in [0.15, 0.2) is 42.5 Å². The molecule has 0 fully saturated rings. The van der Waals surface area contributed by atoms with Gasteiger partial charge < -0.3 is 0 Å². The summed E-state index contributed by atoms with van der Waals surface area (Å²) in [6.07, 6.45) is 2.35. The van der Waals surface area contributed by atoms with Crippen molar-refractivity contribution in [3.8, 4) is 11.1 Å². The van der Waals surface area contributed by atoms with Crippen molar-refractivity contribution in [2.75, 3.05) is 0 Å². The lowest BCUT2D eigenvalue weighted by atomic mass is 9.83. The predicted molar refractivity (Wildman–Crippen MR) is 82.9 cm³/mol. The zero-order chi connectivity index (χ0) is 15.0. The van der Waals surface area contributed by atoms with Gasteiger partial charge in [0.15, 0.2) is 5.78 Å². The number of fused-ring (bicyclic) bond motifs is 1. The molecule has 108 valence electrons. The molecule has 0 saturated heterocycles. The van der Waals surface area contributed by atoms with Crippen molar-refractivity contribution in [1.82, 2.24) is 0 Å². The summed E-state index contributed by atoms with van der Waals surface area (Å²) in [6.45, 7) is 4.37. The van der Waals surface area contributed by atoms with Gasteiger partial charge >= 0.3 is 0 Å². The number of hydrogen-bond donors (Lipinski definition) is 0. The van der Waals surface area contributed by atoms with Crippen molar-refractivity contribution in [2.24, 2.45) is 5.41 Å². The maximum absolute atomic E-state index is 13.9. The molecule has 0 N–H and O–H groups in total. The lowest BCUT2D eigenvalue weighted by Gasteiger charge is -2.22. The third-order valence-electron chi connectivity index (χ3n) is 4.29. The van der Waals surface area contributed by atoms with Crippen LogP contribution in [0.5, 0.6) is 0 Å². The van der Waals surface area contributed by atoms with E-state index in [9.17, 15) is 9.18 Å². The van der Waals surface area contributed by atoms with Crippen molar-refractivity contribution >= 4 is 5.78 Å². The smallest absolute Gasteiger partial charge is 0.163 e. The van der Waals surface area contributed by atoms with Crippen molar-refractivity contribution in [3.63, 3.8) is 0 Å². The summed E-state index contributed by atoms with van der Waals surface area (Å²) in [5, 5.41) is 0. The van der Waals surface area contributed by atoms with Crippen LogP contribution in [-0.4, -0.2) is 5.78 Å². The Balaban J connectivity index is 2.11. The van der Waals surface area contributed by atoms with E-state index in [0.29, 0.717) is 12.0 Å². The average molecular weight is 282 g/mol. The van der Waals surface area contributed by atoms with Gasteiger partial charge in [0.05, 0.1) is 0 Å². The first-order valence-corrected chi connectivity index (χ1v) is 7.37. The lowest BCUT2D eigenvalue weighted by Crippen LogP contribution is -2.13. The number of ketones is 1. The predicted octanol–water partition coefficient (Wildman–Crippen LogP) is 5.04. The first-order valence-electron chi connectivity index (χ1n) is 7.37. The molecule has 0 atom stereocenters. The van der Waals surface area contributed by atoms with Crippen LogP contribution in [0.4, 0.5) is 4.39 Å². The summed E-state index contributed by atoms with van der Waals surface area (Å²) < 4.78 is 13.9. The van der Waals surface area contributed by atoms with Gasteiger partial charge in [-0.15, -0.1) is 0 Å². The third kappa shape index (κ3) is 2.76. The van der Waals surface area contributed by atoms with Crippen LogP contribution < -0.4 is 0 Å². The standard InChI is InChI=1S/C19H19FO/c1-19(2)10-9-18(21)16-8-7-13(11-14(16)12-19)15-5-3-4-6-17(15)20/h3-8,11H,9-10,12H2,1-2H3. The minimum atomic E-state index is -0.225. The largest absolute Gasteiger partial charge is 0.294 e. The molecular weight excluding hydrogens is 263 g/mol. The summed E-state index contributed by atoms with van der Waals surface area (Å²) in [4.78, 5) is 12.2. The van der Waals surface area contributed by atoms with Crippen LogP contribution >= 0.6 is 0 Å². The maximum Gasteiger partial charge on any atom is 0.163 e. The first-order chi connectivity index (χ1) is 9.96. The van der Waals surface area contributed by atoms with Crippen LogP contribution in [0.2, 0.25) is 0 Å². The highest BCUT2D eigenvalue weighted by Gasteiger charge is 2.27. The number of carbonyl (C=O) groups excluding carboxylic acids is 1. The van der Waals surface area contributed by atoms with Crippen molar-refractivity contribution < 1.29 is 9.18 Å². The SMILES string of the molecule is CC1(C)CCC(=O)c2ccc(-c3ccccc3F)cc2C1. The molecule has 0 amide bonds. The number of carbonyl (C=O) groups is 1. The zero-order valence-corrected chi connectivity index (χ0v) is 12.4. The molecule has 21 heavy (non-hydrogen) atoms. The molecule has 0 saturated carbocycles. The molecule has 0 aliphatic heterocycles. The Hall–Kier alpha value is -1.96. The molecule has 2 aromatic carbocycles. The molecule has 1 aliphatic carbocycles. The highest BCUT2D eigenvalue weighted by Crippen LogP contribution is 2.35. The van der Waals surface area contributed by atoms with E-state index in [4.69, 9.17) is 0 Å². The van der Waals surface area contributed by atoms with Gasteiger partial charge in [0.25, 0.3) is 0 Å². The van der Waals surface area contributed by atoms with Crippen molar-refractivity contribution in [1.29, 1.82) is 0 Å². The molecule has 3 rings (SSSR count). The lowest BCUT2D eigenvalue weighted by molar-refractivity contribution is 0.0971. The molecule has 0 heterocycles. The number of benzene rings is 2. The van der Waals surface area contributed by atoms with Crippen molar-refractivity contribution in [2.45, 2.75) is 33.1 Å². The number of Topliss-reactive ketones (excluding diaryl/α,β-unsaturated/α-hetero) is 1. The monoisotopic (exact) mass is 282 g/mol. The van der Waals surface area contributed by atoms with Crippen LogP contribution in [-0.2, 0) is 6.42 Å². The first kappa shape index (κ1) is 14.0. The second kappa shape index (κ2) is 5.10. The van der Waals surface area contributed by atoms with Crippen molar-refractivity contribution in [3.05, 3.63) is 59.4 Å². The summed E-state index contributed by atoms with van der Waals surface area (Å²) in [5.74, 6) is -0.0210. The molecule has 0 spiro atoms. The second-order valence-electron chi connectivity index (χ2n) is 6.62. The van der Waals surface area contributed by atoms with Gasteiger partial charge in [-0.3, -0.25) is 4.79 Å². The summed E-state index contributed by atoms with van der Waals surface area (Å²) in [6, 6.07) is 12.5. The molecule has 1 nitrogen and oxygen atoms in total. The van der Waals surface area contributed by atoms with E-state index >= 15 is 0 Å². The maximum atomic E-state index is 13.9. The van der Waals surface area contributed by atoms with E-state index in [0.717, 1.165) is 29.5 Å². The fourth-order valence-electron chi connectivity index (χ4n) is 3.07. The molecule has 0 bridgehead atoms. The normalized spacial score (nSPS) is 17.2. The van der Waals surface area contributed by atoms with Gasteiger partial charge in [0.2, 0.25) is 0 Å². The molecule has 0 radical (unpaired) electrons. The fourth-order valence-corrected chi connectivity index (χ4v) is 3.07. The summed E-state index contributed by atoms with van der Waals surface area (Å²) >= 11 is 0.